The average Bonchev–Trinajstić information content (AvgIpc) is 2.52. The lowest BCUT2D eigenvalue weighted by Crippen LogP contribution is -2.35. The second-order valence-corrected chi connectivity index (χ2v) is 5.03. The van der Waals surface area contributed by atoms with Crippen LogP contribution in [0.3, 0.4) is 0 Å². The molecule has 20 heavy (non-hydrogen) atoms. The Balaban J connectivity index is 1.97. The molecular formula is C15H23N3O2. The first-order valence-corrected chi connectivity index (χ1v) is 7.31. The van der Waals surface area contributed by atoms with Crippen molar-refractivity contribution in [3.63, 3.8) is 0 Å². The van der Waals surface area contributed by atoms with E-state index in [1.54, 1.807) is 13.1 Å². The number of hydrogen-bond acceptors (Lipinski definition) is 4. The van der Waals surface area contributed by atoms with Gasteiger partial charge in [0.15, 0.2) is 0 Å². The van der Waals surface area contributed by atoms with Crippen molar-refractivity contribution in [2.45, 2.75) is 38.7 Å². The first-order valence-electron chi connectivity index (χ1n) is 7.31. The van der Waals surface area contributed by atoms with Gasteiger partial charge in [0.25, 0.3) is 5.91 Å². The quantitative estimate of drug-likeness (QED) is 0.864. The fourth-order valence-corrected chi connectivity index (χ4v) is 2.30. The SMILES string of the molecule is CCc1cc(C(=O)NCC2CCCCO2)cc(NC)n1. The maximum atomic E-state index is 12.2. The molecule has 1 aromatic rings. The minimum Gasteiger partial charge on any atom is -0.376 e. The molecule has 0 radical (unpaired) electrons. The zero-order chi connectivity index (χ0) is 14.4. The van der Waals surface area contributed by atoms with Gasteiger partial charge in [-0.1, -0.05) is 6.92 Å². The van der Waals surface area contributed by atoms with Crippen LogP contribution >= 0.6 is 0 Å². The van der Waals surface area contributed by atoms with E-state index in [0.717, 1.165) is 37.4 Å². The van der Waals surface area contributed by atoms with Crippen LogP contribution in [0.2, 0.25) is 0 Å². The lowest BCUT2D eigenvalue weighted by molar-refractivity contribution is 0.0169. The zero-order valence-corrected chi connectivity index (χ0v) is 12.2. The fourth-order valence-electron chi connectivity index (χ4n) is 2.30. The predicted molar refractivity (Wildman–Crippen MR) is 79.1 cm³/mol. The molecule has 1 saturated heterocycles. The Hall–Kier alpha value is -1.62. The van der Waals surface area contributed by atoms with Gasteiger partial charge in [-0.3, -0.25) is 4.79 Å². The van der Waals surface area contributed by atoms with Crippen molar-refractivity contribution >= 4 is 11.7 Å². The average molecular weight is 277 g/mol. The summed E-state index contributed by atoms with van der Waals surface area (Å²) in [5.41, 5.74) is 1.56. The Bertz CT molecular complexity index is 434. The third-order valence-corrected chi connectivity index (χ3v) is 3.52. The van der Waals surface area contributed by atoms with E-state index in [9.17, 15) is 4.79 Å². The highest BCUT2D eigenvalue weighted by atomic mass is 16.5. The molecule has 1 aromatic heterocycles. The lowest BCUT2D eigenvalue weighted by atomic mass is 10.1. The highest BCUT2D eigenvalue weighted by molar-refractivity contribution is 5.95. The summed E-state index contributed by atoms with van der Waals surface area (Å²) in [7, 11) is 1.80. The molecule has 1 unspecified atom stereocenters. The van der Waals surface area contributed by atoms with E-state index in [0.29, 0.717) is 12.1 Å². The van der Waals surface area contributed by atoms with E-state index in [4.69, 9.17) is 4.74 Å². The molecular weight excluding hydrogens is 254 g/mol. The number of aromatic nitrogens is 1. The number of hydrogen-bond donors (Lipinski definition) is 2. The summed E-state index contributed by atoms with van der Waals surface area (Å²) in [6.07, 6.45) is 4.30. The number of ether oxygens (including phenoxy) is 1. The van der Waals surface area contributed by atoms with Crippen molar-refractivity contribution in [3.05, 3.63) is 23.4 Å². The summed E-state index contributed by atoms with van der Waals surface area (Å²) in [4.78, 5) is 16.6. The van der Waals surface area contributed by atoms with E-state index in [-0.39, 0.29) is 12.0 Å². The second-order valence-electron chi connectivity index (χ2n) is 5.03. The van der Waals surface area contributed by atoms with Crippen molar-refractivity contribution < 1.29 is 9.53 Å². The van der Waals surface area contributed by atoms with Gasteiger partial charge in [0.1, 0.15) is 5.82 Å². The van der Waals surface area contributed by atoms with Crippen LogP contribution in [0.15, 0.2) is 12.1 Å². The van der Waals surface area contributed by atoms with E-state index >= 15 is 0 Å². The molecule has 1 fully saturated rings. The molecule has 110 valence electrons. The van der Waals surface area contributed by atoms with Crippen molar-refractivity contribution in [2.24, 2.45) is 0 Å². The monoisotopic (exact) mass is 277 g/mol. The van der Waals surface area contributed by atoms with Gasteiger partial charge >= 0.3 is 0 Å². The highest BCUT2D eigenvalue weighted by Crippen LogP contribution is 2.13. The van der Waals surface area contributed by atoms with Gasteiger partial charge in [-0.15, -0.1) is 0 Å². The number of carbonyl (C=O) groups excluding carboxylic acids is 1. The summed E-state index contributed by atoms with van der Waals surface area (Å²) < 4.78 is 5.61. The Morgan fingerprint density at radius 1 is 1.45 bits per heavy atom. The molecule has 5 heteroatoms. The number of nitrogens with one attached hydrogen (secondary N) is 2. The van der Waals surface area contributed by atoms with E-state index < -0.39 is 0 Å². The van der Waals surface area contributed by atoms with Crippen LogP contribution in [0.25, 0.3) is 0 Å². The topological polar surface area (TPSA) is 63.2 Å². The standard InChI is InChI=1S/C15H23N3O2/c1-3-12-8-11(9-14(16-2)18-12)15(19)17-10-13-6-4-5-7-20-13/h8-9,13H,3-7,10H2,1-2H3,(H,16,18)(H,17,19). The summed E-state index contributed by atoms with van der Waals surface area (Å²) in [6, 6.07) is 3.62. The summed E-state index contributed by atoms with van der Waals surface area (Å²) in [6.45, 7) is 3.41. The van der Waals surface area contributed by atoms with E-state index in [2.05, 4.69) is 15.6 Å². The third-order valence-electron chi connectivity index (χ3n) is 3.52. The maximum absolute atomic E-state index is 12.2. The van der Waals surface area contributed by atoms with Gasteiger partial charge in [-0.25, -0.2) is 4.98 Å². The largest absolute Gasteiger partial charge is 0.376 e. The van der Waals surface area contributed by atoms with Crippen LogP contribution in [0, 0.1) is 0 Å². The van der Waals surface area contributed by atoms with Crippen molar-refractivity contribution in [1.29, 1.82) is 0 Å². The smallest absolute Gasteiger partial charge is 0.251 e. The number of anilines is 1. The molecule has 1 amide bonds. The van der Waals surface area contributed by atoms with E-state index in [1.165, 1.54) is 6.42 Å². The molecule has 2 rings (SSSR count). The zero-order valence-electron chi connectivity index (χ0n) is 12.2. The van der Waals surface area contributed by atoms with Gasteiger partial charge in [0, 0.05) is 31.5 Å². The molecule has 0 saturated carbocycles. The molecule has 0 aromatic carbocycles. The highest BCUT2D eigenvalue weighted by Gasteiger charge is 2.16. The summed E-state index contributed by atoms with van der Waals surface area (Å²) in [5, 5.41) is 5.94. The van der Waals surface area contributed by atoms with Crippen molar-refractivity contribution in [2.75, 3.05) is 25.5 Å². The molecule has 1 aliphatic rings. The van der Waals surface area contributed by atoms with Crippen LogP contribution < -0.4 is 10.6 Å². The first kappa shape index (κ1) is 14.8. The number of nitrogens with zero attached hydrogens (tertiary/aromatic N) is 1. The Morgan fingerprint density at radius 2 is 2.30 bits per heavy atom. The van der Waals surface area contributed by atoms with Crippen LogP contribution in [0.1, 0.15) is 42.2 Å². The molecule has 1 atom stereocenters. The number of carbonyl (C=O) groups is 1. The first-order chi connectivity index (χ1) is 9.72. The van der Waals surface area contributed by atoms with Crippen molar-refractivity contribution in [3.8, 4) is 0 Å². The molecule has 1 aliphatic heterocycles. The van der Waals surface area contributed by atoms with Crippen LogP contribution in [-0.4, -0.2) is 37.2 Å². The van der Waals surface area contributed by atoms with Gasteiger partial charge < -0.3 is 15.4 Å². The normalized spacial score (nSPS) is 18.6. The van der Waals surface area contributed by atoms with E-state index in [1.807, 2.05) is 13.0 Å². The van der Waals surface area contributed by atoms with Crippen LogP contribution in [0.4, 0.5) is 5.82 Å². The molecule has 2 heterocycles. The van der Waals surface area contributed by atoms with Gasteiger partial charge in [-0.05, 0) is 37.8 Å². The molecule has 5 nitrogen and oxygen atoms in total. The fraction of sp³-hybridized carbons (Fsp3) is 0.600. The minimum absolute atomic E-state index is 0.0622. The number of aryl methyl sites for hydroxylation is 1. The van der Waals surface area contributed by atoms with Crippen LogP contribution in [-0.2, 0) is 11.2 Å². The lowest BCUT2D eigenvalue weighted by Gasteiger charge is -2.22. The van der Waals surface area contributed by atoms with Gasteiger partial charge in [0.05, 0.1) is 6.10 Å². The second kappa shape index (κ2) is 7.24. The predicted octanol–water partition coefficient (Wildman–Crippen LogP) is 1.98. The van der Waals surface area contributed by atoms with Gasteiger partial charge in [-0.2, -0.15) is 0 Å². The third kappa shape index (κ3) is 3.93. The molecule has 0 bridgehead atoms. The molecule has 0 spiro atoms. The number of amides is 1. The molecule has 0 aliphatic carbocycles. The Labute approximate surface area is 120 Å². The Morgan fingerprint density at radius 3 is 2.95 bits per heavy atom. The van der Waals surface area contributed by atoms with Crippen molar-refractivity contribution in [1.82, 2.24) is 10.3 Å². The van der Waals surface area contributed by atoms with Gasteiger partial charge in [0.2, 0.25) is 0 Å². The maximum Gasteiger partial charge on any atom is 0.251 e. The number of pyridine rings is 1. The number of rotatable bonds is 5. The minimum atomic E-state index is -0.0622. The Kier molecular flexibility index (Phi) is 5.35. The van der Waals surface area contributed by atoms with Crippen LogP contribution in [0.5, 0.6) is 0 Å². The summed E-state index contributed by atoms with van der Waals surface area (Å²) in [5.74, 6) is 0.663. The molecule has 2 N–H and O–H groups in total. The summed E-state index contributed by atoms with van der Waals surface area (Å²) >= 11 is 0.